The standard InChI is InChI=1S/C14H20N4/c1-11(2)8-13-5-6-14(17-16-13)18-7-3-4-12(9-15)10-18/h5-6,11-12H,3-4,7-8,10H2,1-2H3. The van der Waals surface area contributed by atoms with Crippen molar-refractivity contribution in [2.75, 3.05) is 18.0 Å². The Balaban J connectivity index is 2.03. The van der Waals surface area contributed by atoms with Gasteiger partial charge in [-0.25, -0.2) is 0 Å². The first-order chi connectivity index (χ1) is 8.69. The first-order valence-electron chi connectivity index (χ1n) is 6.66. The third-order valence-electron chi connectivity index (χ3n) is 3.25. The number of piperidine rings is 1. The number of aromatic nitrogens is 2. The van der Waals surface area contributed by atoms with Crippen molar-refractivity contribution in [1.29, 1.82) is 5.26 Å². The summed E-state index contributed by atoms with van der Waals surface area (Å²) in [6, 6.07) is 6.44. The van der Waals surface area contributed by atoms with Crippen LogP contribution in [0.25, 0.3) is 0 Å². The maximum Gasteiger partial charge on any atom is 0.151 e. The van der Waals surface area contributed by atoms with E-state index in [0.717, 1.165) is 43.9 Å². The van der Waals surface area contributed by atoms with Gasteiger partial charge < -0.3 is 4.90 Å². The lowest BCUT2D eigenvalue weighted by Crippen LogP contribution is -2.35. The van der Waals surface area contributed by atoms with Crippen LogP contribution in [0.5, 0.6) is 0 Å². The van der Waals surface area contributed by atoms with Gasteiger partial charge in [-0.15, -0.1) is 5.10 Å². The maximum absolute atomic E-state index is 8.99. The minimum atomic E-state index is 0.135. The van der Waals surface area contributed by atoms with Gasteiger partial charge >= 0.3 is 0 Å². The van der Waals surface area contributed by atoms with Crippen LogP contribution < -0.4 is 4.90 Å². The summed E-state index contributed by atoms with van der Waals surface area (Å²) in [5, 5.41) is 17.5. The summed E-state index contributed by atoms with van der Waals surface area (Å²) >= 11 is 0. The molecule has 0 amide bonds. The van der Waals surface area contributed by atoms with E-state index in [1.54, 1.807) is 0 Å². The van der Waals surface area contributed by atoms with E-state index in [1.165, 1.54) is 0 Å². The molecule has 1 aliphatic heterocycles. The van der Waals surface area contributed by atoms with Gasteiger partial charge in [0.05, 0.1) is 17.7 Å². The monoisotopic (exact) mass is 244 g/mol. The lowest BCUT2D eigenvalue weighted by molar-refractivity contribution is 0.489. The summed E-state index contributed by atoms with van der Waals surface area (Å²) < 4.78 is 0. The first kappa shape index (κ1) is 12.8. The highest BCUT2D eigenvalue weighted by Crippen LogP contribution is 2.20. The van der Waals surface area contributed by atoms with Gasteiger partial charge in [0, 0.05) is 13.1 Å². The molecule has 4 heteroatoms. The normalized spacial score (nSPS) is 19.9. The number of anilines is 1. The highest BCUT2D eigenvalue weighted by molar-refractivity contribution is 5.38. The van der Waals surface area contributed by atoms with E-state index in [1.807, 2.05) is 6.07 Å². The van der Waals surface area contributed by atoms with Crippen LogP contribution in [-0.4, -0.2) is 23.3 Å². The Morgan fingerprint density at radius 2 is 2.28 bits per heavy atom. The Bertz CT molecular complexity index is 418. The van der Waals surface area contributed by atoms with E-state index in [0.29, 0.717) is 5.92 Å². The highest BCUT2D eigenvalue weighted by Gasteiger charge is 2.20. The largest absolute Gasteiger partial charge is 0.354 e. The van der Waals surface area contributed by atoms with E-state index in [4.69, 9.17) is 5.26 Å². The van der Waals surface area contributed by atoms with Crippen LogP contribution in [0, 0.1) is 23.2 Å². The molecule has 4 nitrogen and oxygen atoms in total. The van der Waals surface area contributed by atoms with E-state index >= 15 is 0 Å². The van der Waals surface area contributed by atoms with Gasteiger partial charge in [0.25, 0.3) is 0 Å². The van der Waals surface area contributed by atoms with Crippen molar-refractivity contribution in [2.24, 2.45) is 11.8 Å². The molecule has 0 radical (unpaired) electrons. The molecular weight excluding hydrogens is 224 g/mol. The summed E-state index contributed by atoms with van der Waals surface area (Å²) in [5.41, 5.74) is 1.04. The van der Waals surface area contributed by atoms with E-state index in [-0.39, 0.29) is 5.92 Å². The minimum absolute atomic E-state index is 0.135. The van der Waals surface area contributed by atoms with Gasteiger partial charge in [-0.3, -0.25) is 0 Å². The van der Waals surface area contributed by atoms with Gasteiger partial charge in [-0.1, -0.05) is 13.8 Å². The molecule has 1 aromatic rings. The molecule has 1 atom stereocenters. The highest BCUT2D eigenvalue weighted by atomic mass is 15.3. The van der Waals surface area contributed by atoms with Gasteiger partial charge in [-0.05, 0) is 37.3 Å². The van der Waals surface area contributed by atoms with Crippen LogP contribution in [0.4, 0.5) is 5.82 Å². The van der Waals surface area contributed by atoms with Gasteiger partial charge in [0.15, 0.2) is 5.82 Å². The molecule has 1 unspecified atom stereocenters. The Kier molecular flexibility index (Phi) is 4.14. The summed E-state index contributed by atoms with van der Waals surface area (Å²) in [7, 11) is 0. The van der Waals surface area contributed by atoms with Crippen molar-refractivity contribution >= 4 is 5.82 Å². The van der Waals surface area contributed by atoms with E-state index < -0.39 is 0 Å². The SMILES string of the molecule is CC(C)Cc1ccc(N2CCCC(C#N)C2)nn1. The van der Waals surface area contributed by atoms with Crippen molar-refractivity contribution in [3.63, 3.8) is 0 Å². The fraction of sp³-hybridized carbons (Fsp3) is 0.643. The fourth-order valence-electron chi connectivity index (χ4n) is 2.34. The molecule has 1 aromatic heterocycles. The second-order valence-corrected chi connectivity index (χ2v) is 5.40. The molecule has 0 spiro atoms. The molecule has 1 fully saturated rings. The molecule has 2 rings (SSSR count). The lowest BCUT2D eigenvalue weighted by atomic mass is 10.00. The Labute approximate surface area is 109 Å². The summed E-state index contributed by atoms with van der Waals surface area (Å²) in [6.07, 6.45) is 3.04. The Morgan fingerprint density at radius 1 is 1.44 bits per heavy atom. The van der Waals surface area contributed by atoms with Crippen LogP contribution in [0.15, 0.2) is 12.1 Å². The third-order valence-corrected chi connectivity index (χ3v) is 3.25. The van der Waals surface area contributed by atoms with Crippen LogP contribution in [0.2, 0.25) is 0 Å². The zero-order valence-corrected chi connectivity index (χ0v) is 11.1. The predicted molar refractivity (Wildman–Crippen MR) is 71.1 cm³/mol. The van der Waals surface area contributed by atoms with Crippen LogP contribution >= 0.6 is 0 Å². The molecule has 1 saturated heterocycles. The average molecular weight is 244 g/mol. The topological polar surface area (TPSA) is 52.8 Å². The molecule has 0 aliphatic carbocycles. The molecule has 0 aromatic carbocycles. The molecule has 1 aliphatic rings. The number of rotatable bonds is 3. The van der Waals surface area contributed by atoms with Gasteiger partial charge in [0.2, 0.25) is 0 Å². The van der Waals surface area contributed by atoms with E-state index in [2.05, 4.69) is 41.1 Å². The zero-order chi connectivity index (χ0) is 13.0. The number of hydrogen-bond donors (Lipinski definition) is 0. The van der Waals surface area contributed by atoms with Crippen LogP contribution in [-0.2, 0) is 6.42 Å². The number of hydrogen-bond acceptors (Lipinski definition) is 4. The van der Waals surface area contributed by atoms with Crippen molar-refractivity contribution in [1.82, 2.24) is 10.2 Å². The maximum atomic E-state index is 8.99. The third kappa shape index (κ3) is 3.19. The van der Waals surface area contributed by atoms with Crippen LogP contribution in [0.1, 0.15) is 32.4 Å². The molecule has 18 heavy (non-hydrogen) atoms. The fourth-order valence-corrected chi connectivity index (χ4v) is 2.34. The first-order valence-corrected chi connectivity index (χ1v) is 6.66. The smallest absolute Gasteiger partial charge is 0.151 e. The molecule has 0 bridgehead atoms. The van der Waals surface area contributed by atoms with Crippen molar-refractivity contribution < 1.29 is 0 Å². The van der Waals surface area contributed by atoms with Crippen LogP contribution in [0.3, 0.4) is 0 Å². The van der Waals surface area contributed by atoms with Crippen molar-refractivity contribution in [3.05, 3.63) is 17.8 Å². The predicted octanol–water partition coefficient (Wildman–Crippen LogP) is 2.42. The van der Waals surface area contributed by atoms with E-state index in [9.17, 15) is 0 Å². The zero-order valence-electron chi connectivity index (χ0n) is 11.1. The van der Waals surface area contributed by atoms with Gasteiger partial charge in [-0.2, -0.15) is 10.4 Å². The molecular formula is C14H20N4. The molecule has 96 valence electrons. The number of nitrogens with zero attached hydrogens (tertiary/aromatic N) is 4. The Morgan fingerprint density at radius 3 is 2.89 bits per heavy atom. The second kappa shape index (κ2) is 5.81. The second-order valence-electron chi connectivity index (χ2n) is 5.40. The summed E-state index contributed by atoms with van der Waals surface area (Å²) in [5.74, 6) is 1.64. The van der Waals surface area contributed by atoms with Crippen molar-refractivity contribution in [3.8, 4) is 6.07 Å². The Hall–Kier alpha value is -1.63. The molecule has 0 N–H and O–H groups in total. The quantitative estimate of drug-likeness (QED) is 0.819. The minimum Gasteiger partial charge on any atom is -0.354 e. The summed E-state index contributed by atoms with van der Waals surface area (Å²) in [4.78, 5) is 2.17. The van der Waals surface area contributed by atoms with Gasteiger partial charge in [0.1, 0.15) is 0 Å². The average Bonchev–Trinajstić information content (AvgIpc) is 2.39. The summed E-state index contributed by atoms with van der Waals surface area (Å²) in [6.45, 7) is 6.13. The molecule has 0 saturated carbocycles. The number of nitriles is 1. The molecule has 2 heterocycles. The lowest BCUT2D eigenvalue weighted by Gasteiger charge is -2.30. The van der Waals surface area contributed by atoms with Crippen molar-refractivity contribution in [2.45, 2.75) is 33.1 Å².